The summed E-state index contributed by atoms with van der Waals surface area (Å²) >= 11 is 12.9. The number of benzene rings is 1. The molecule has 0 bridgehead atoms. The van der Waals surface area contributed by atoms with E-state index in [2.05, 4.69) is 42.2 Å². The maximum atomic E-state index is 6.18. The molecular weight excluding hydrogens is 371 g/mol. The monoisotopic (exact) mass is 378 g/mol. The number of aromatic nitrogens is 3. The Morgan fingerprint density at radius 1 is 1.41 bits per heavy atom. The molecule has 1 aromatic carbocycles. The van der Waals surface area contributed by atoms with E-state index in [4.69, 9.17) is 17.3 Å². The SMILES string of the molecule is Cn1nnc(Br)c1C(N)c1ccc(Br)cc1Cl. The first-order valence-electron chi connectivity index (χ1n) is 4.76. The minimum atomic E-state index is -0.370. The van der Waals surface area contributed by atoms with Crippen LogP contribution in [-0.4, -0.2) is 15.0 Å². The highest BCUT2D eigenvalue weighted by atomic mass is 79.9. The summed E-state index contributed by atoms with van der Waals surface area (Å²) in [5.74, 6) is 0. The van der Waals surface area contributed by atoms with Gasteiger partial charge < -0.3 is 5.73 Å². The number of rotatable bonds is 2. The summed E-state index contributed by atoms with van der Waals surface area (Å²) in [6, 6.07) is 5.23. The van der Waals surface area contributed by atoms with Crippen LogP contribution in [-0.2, 0) is 7.05 Å². The largest absolute Gasteiger partial charge is 0.319 e. The van der Waals surface area contributed by atoms with Crippen molar-refractivity contribution in [3.63, 3.8) is 0 Å². The average molecular weight is 380 g/mol. The van der Waals surface area contributed by atoms with Crippen LogP contribution in [0.2, 0.25) is 5.02 Å². The van der Waals surface area contributed by atoms with Gasteiger partial charge >= 0.3 is 0 Å². The van der Waals surface area contributed by atoms with Gasteiger partial charge in [0.1, 0.15) is 0 Å². The van der Waals surface area contributed by atoms with Crippen molar-refractivity contribution < 1.29 is 0 Å². The molecule has 0 spiro atoms. The Morgan fingerprint density at radius 2 is 2.12 bits per heavy atom. The Balaban J connectivity index is 2.47. The second-order valence-corrected chi connectivity index (χ2v) is 5.61. The number of hydrogen-bond donors (Lipinski definition) is 1. The third kappa shape index (κ3) is 2.54. The second kappa shape index (κ2) is 5.06. The standard InChI is InChI=1S/C10H9Br2ClN4/c1-17-9(10(12)15-16-17)8(14)6-3-2-5(11)4-7(6)13/h2-4,8H,14H2,1H3. The van der Waals surface area contributed by atoms with Crippen LogP contribution >= 0.6 is 43.5 Å². The summed E-state index contributed by atoms with van der Waals surface area (Å²) in [5.41, 5.74) is 7.80. The Kier molecular flexibility index (Phi) is 3.87. The predicted molar refractivity (Wildman–Crippen MR) is 73.9 cm³/mol. The van der Waals surface area contributed by atoms with E-state index in [0.29, 0.717) is 9.63 Å². The quantitative estimate of drug-likeness (QED) is 0.871. The van der Waals surface area contributed by atoms with Crippen molar-refractivity contribution in [3.8, 4) is 0 Å². The zero-order valence-electron chi connectivity index (χ0n) is 8.86. The fourth-order valence-electron chi connectivity index (χ4n) is 1.57. The Hall–Kier alpha value is -0.430. The van der Waals surface area contributed by atoms with E-state index in [1.807, 2.05) is 18.2 Å². The Bertz CT molecular complexity index is 536. The van der Waals surface area contributed by atoms with E-state index in [1.165, 1.54) is 0 Å². The lowest BCUT2D eigenvalue weighted by atomic mass is 10.1. The number of aryl methyl sites for hydroxylation is 1. The van der Waals surface area contributed by atoms with Gasteiger partial charge in [0, 0.05) is 16.5 Å². The van der Waals surface area contributed by atoms with Crippen molar-refractivity contribution in [2.75, 3.05) is 0 Å². The lowest BCUT2D eigenvalue weighted by molar-refractivity contribution is 0.651. The lowest BCUT2D eigenvalue weighted by Crippen LogP contribution is -2.16. The number of halogens is 3. The van der Waals surface area contributed by atoms with Gasteiger partial charge in [-0.05, 0) is 33.6 Å². The zero-order chi connectivity index (χ0) is 12.6. The number of nitrogens with zero attached hydrogens (tertiary/aromatic N) is 3. The van der Waals surface area contributed by atoms with Crippen LogP contribution in [0.3, 0.4) is 0 Å². The molecule has 0 saturated heterocycles. The highest BCUT2D eigenvalue weighted by molar-refractivity contribution is 9.10. The molecule has 4 nitrogen and oxygen atoms in total. The molecule has 1 atom stereocenters. The van der Waals surface area contributed by atoms with Crippen LogP contribution in [0.1, 0.15) is 17.3 Å². The van der Waals surface area contributed by atoms with Crippen molar-refractivity contribution in [2.45, 2.75) is 6.04 Å². The molecule has 2 N–H and O–H groups in total. The van der Waals surface area contributed by atoms with Gasteiger partial charge in [0.25, 0.3) is 0 Å². The second-order valence-electron chi connectivity index (χ2n) is 3.53. The van der Waals surface area contributed by atoms with Gasteiger partial charge in [0.15, 0.2) is 4.60 Å². The topological polar surface area (TPSA) is 56.7 Å². The molecule has 17 heavy (non-hydrogen) atoms. The van der Waals surface area contributed by atoms with Gasteiger partial charge in [-0.3, -0.25) is 0 Å². The summed E-state index contributed by atoms with van der Waals surface area (Å²) in [4.78, 5) is 0. The molecule has 1 aromatic heterocycles. The molecule has 0 aliphatic heterocycles. The summed E-state index contributed by atoms with van der Waals surface area (Å²) in [6.07, 6.45) is 0. The highest BCUT2D eigenvalue weighted by Crippen LogP contribution is 2.31. The molecule has 2 aromatic rings. The van der Waals surface area contributed by atoms with E-state index >= 15 is 0 Å². The molecule has 0 amide bonds. The van der Waals surface area contributed by atoms with Crippen molar-refractivity contribution in [1.29, 1.82) is 0 Å². The molecule has 0 aliphatic rings. The third-order valence-electron chi connectivity index (χ3n) is 2.42. The Labute approximate surface area is 120 Å². The summed E-state index contributed by atoms with van der Waals surface area (Å²) in [5, 5.41) is 8.42. The van der Waals surface area contributed by atoms with Crippen LogP contribution in [0.4, 0.5) is 0 Å². The summed E-state index contributed by atoms with van der Waals surface area (Å²) in [6.45, 7) is 0. The van der Waals surface area contributed by atoms with Gasteiger partial charge in [0.05, 0.1) is 11.7 Å². The maximum Gasteiger partial charge on any atom is 0.153 e. The van der Waals surface area contributed by atoms with Gasteiger partial charge in [-0.1, -0.05) is 38.8 Å². The van der Waals surface area contributed by atoms with Gasteiger partial charge in [-0.2, -0.15) is 0 Å². The first kappa shape index (κ1) is 13.0. The summed E-state index contributed by atoms with van der Waals surface area (Å²) < 4.78 is 3.18. The average Bonchev–Trinajstić information content (AvgIpc) is 2.58. The van der Waals surface area contributed by atoms with E-state index < -0.39 is 0 Å². The van der Waals surface area contributed by atoms with Crippen LogP contribution in [0.15, 0.2) is 27.3 Å². The molecule has 0 aliphatic carbocycles. The van der Waals surface area contributed by atoms with Gasteiger partial charge in [0.2, 0.25) is 0 Å². The smallest absolute Gasteiger partial charge is 0.153 e. The van der Waals surface area contributed by atoms with Crippen molar-refractivity contribution >= 4 is 43.5 Å². The first-order chi connectivity index (χ1) is 8.00. The first-order valence-corrected chi connectivity index (χ1v) is 6.72. The number of nitrogens with two attached hydrogens (primary N) is 1. The lowest BCUT2D eigenvalue weighted by Gasteiger charge is -2.14. The van der Waals surface area contributed by atoms with Gasteiger partial charge in [-0.25, -0.2) is 4.68 Å². The molecular formula is C10H9Br2ClN4. The Morgan fingerprint density at radius 3 is 2.65 bits per heavy atom. The maximum absolute atomic E-state index is 6.18. The van der Waals surface area contributed by atoms with Gasteiger partial charge in [-0.15, -0.1) is 5.10 Å². The fraction of sp³-hybridized carbons (Fsp3) is 0.200. The predicted octanol–water partition coefficient (Wildman–Crippen LogP) is 3.04. The van der Waals surface area contributed by atoms with Crippen LogP contribution < -0.4 is 5.73 Å². The molecule has 7 heteroatoms. The van der Waals surface area contributed by atoms with Crippen LogP contribution in [0.5, 0.6) is 0 Å². The van der Waals surface area contributed by atoms with E-state index in [0.717, 1.165) is 15.7 Å². The molecule has 0 saturated carbocycles. The highest BCUT2D eigenvalue weighted by Gasteiger charge is 2.20. The third-order valence-corrected chi connectivity index (χ3v) is 3.80. The molecule has 2 rings (SSSR count). The minimum Gasteiger partial charge on any atom is -0.319 e. The van der Waals surface area contributed by atoms with Crippen LogP contribution in [0, 0.1) is 0 Å². The number of hydrogen-bond acceptors (Lipinski definition) is 3. The van der Waals surface area contributed by atoms with Crippen molar-refractivity contribution in [1.82, 2.24) is 15.0 Å². The molecule has 1 heterocycles. The van der Waals surface area contributed by atoms with E-state index in [9.17, 15) is 0 Å². The zero-order valence-corrected chi connectivity index (χ0v) is 12.8. The normalized spacial score (nSPS) is 12.8. The molecule has 0 fully saturated rings. The van der Waals surface area contributed by atoms with E-state index in [1.54, 1.807) is 11.7 Å². The molecule has 0 radical (unpaired) electrons. The van der Waals surface area contributed by atoms with Crippen molar-refractivity contribution in [3.05, 3.63) is 43.6 Å². The van der Waals surface area contributed by atoms with E-state index in [-0.39, 0.29) is 6.04 Å². The summed E-state index contributed by atoms with van der Waals surface area (Å²) in [7, 11) is 1.79. The minimum absolute atomic E-state index is 0.370. The molecule has 90 valence electrons. The van der Waals surface area contributed by atoms with Crippen LogP contribution in [0.25, 0.3) is 0 Å². The fourth-order valence-corrected chi connectivity index (χ4v) is 2.94. The molecule has 1 unspecified atom stereocenters. The van der Waals surface area contributed by atoms with Crippen molar-refractivity contribution in [2.24, 2.45) is 12.8 Å².